The zero-order valence-electron chi connectivity index (χ0n) is 10.4. The average molecular weight is 294 g/mol. The van der Waals surface area contributed by atoms with Crippen molar-refractivity contribution in [2.24, 2.45) is 5.73 Å². The Morgan fingerprint density at radius 1 is 1.15 bits per heavy atom. The molecule has 7 heteroatoms. The number of aromatic nitrogens is 2. The highest BCUT2D eigenvalue weighted by Crippen LogP contribution is 2.11. The number of thiocarbonyl (C=S) groups is 1. The molecule has 3 N–H and O–H groups in total. The van der Waals surface area contributed by atoms with Crippen LogP contribution >= 0.6 is 12.2 Å². The highest BCUT2D eigenvalue weighted by Gasteiger charge is 2.07. The van der Waals surface area contributed by atoms with Crippen molar-refractivity contribution in [3.8, 4) is 0 Å². The molecule has 0 saturated heterocycles. The lowest BCUT2D eigenvalue weighted by Gasteiger charge is -2.09. The fourth-order valence-electron chi connectivity index (χ4n) is 1.73. The highest BCUT2D eigenvalue weighted by atomic mass is 32.1. The van der Waals surface area contributed by atoms with E-state index in [2.05, 4.69) is 15.3 Å². The van der Waals surface area contributed by atoms with Crippen molar-refractivity contribution >= 4 is 23.0 Å². The first-order valence-corrected chi connectivity index (χ1v) is 6.27. The van der Waals surface area contributed by atoms with E-state index in [1.807, 2.05) is 0 Å². The Bertz CT molecular complexity index is 613. The molecular formula is C13H12F2N4S. The molecule has 2 rings (SSSR count). The molecule has 1 aromatic heterocycles. The largest absolute Gasteiger partial charge is 0.388 e. The van der Waals surface area contributed by atoms with Crippen molar-refractivity contribution in [3.05, 3.63) is 53.5 Å². The predicted octanol–water partition coefficient (Wildman–Crippen LogP) is 2.04. The fourth-order valence-corrected chi connectivity index (χ4v) is 1.88. The van der Waals surface area contributed by atoms with Crippen molar-refractivity contribution in [1.82, 2.24) is 9.97 Å². The molecule has 0 amide bonds. The van der Waals surface area contributed by atoms with Crippen LogP contribution in [0.2, 0.25) is 0 Å². The second kappa shape index (κ2) is 6.33. The molecule has 0 atom stereocenters. The number of rotatable bonds is 5. The first-order valence-electron chi connectivity index (χ1n) is 5.86. The predicted molar refractivity (Wildman–Crippen MR) is 76.5 cm³/mol. The lowest BCUT2D eigenvalue weighted by Crippen LogP contribution is -2.17. The van der Waals surface area contributed by atoms with Crippen LogP contribution in [0.4, 0.5) is 14.6 Å². The lowest BCUT2D eigenvalue weighted by molar-refractivity contribution is 0.580. The quantitative estimate of drug-likeness (QED) is 0.826. The average Bonchev–Trinajstić information content (AvgIpc) is 2.38. The minimum Gasteiger partial charge on any atom is -0.388 e. The molecule has 0 aliphatic heterocycles. The van der Waals surface area contributed by atoms with Gasteiger partial charge < -0.3 is 11.1 Å². The van der Waals surface area contributed by atoms with E-state index in [4.69, 9.17) is 18.0 Å². The van der Waals surface area contributed by atoms with Crippen LogP contribution in [-0.2, 0) is 6.42 Å². The minimum atomic E-state index is -0.594. The van der Waals surface area contributed by atoms with Gasteiger partial charge in [0, 0.05) is 25.0 Å². The van der Waals surface area contributed by atoms with Gasteiger partial charge in [-0.05, 0) is 24.1 Å². The van der Waals surface area contributed by atoms with Gasteiger partial charge in [-0.15, -0.1) is 0 Å². The number of hydrogen-bond acceptors (Lipinski definition) is 4. The second-order valence-corrected chi connectivity index (χ2v) is 4.51. The summed E-state index contributed by atoms with van der Waals surface area (Å²) in [6.45, 7) is 0.428. The van der Waals surface area contributed by atoms with E-state index in [0.29, 0.717) is 30.0 Å². The third-order valence-electron chi connectivity index (χ3n) is 2.56. The van der Waals surface area contributed by atoms with Crippen molar-refractivity contribution < 1.29 is 8.78 Å². The van der Waals surface area contributed by atoms with Crippen LogP contribution in [0.5, 0.6) is 0 Å². The zero-order valence-corrected chi connectivity index (χ0v) is 11.3. The minimum absolute atomic E-state index is 0.136. The maximum atomic E-state index is 13.0. The summed E-state index contributed by atoms with van der Waals surface area (Å²) in [5.41, 5.74) is 6.47. The SMILES string of the molecule is NC(=S)c1nccnc1NCCc1cc(F)cc(F)c1. The Morgan fingerprint density at radius 3 is 2.45 bits per heavy atom. The van der Waals surface area contributed by atoms with E-state index < -0.39 is 11.6 Å². The number of anilines is 1. The first kappa shape index (κ1) is 14.3. The normalized spacial score (nSPS) is 10.3. The summed E-state index contributed by atoms with van der Waals surface area (Å²) in [7, 11) is 0. The number of benzene rings is 1. The summed E-state index contributed by atoms with van der Waals surface area (Å²) < 4.78 is 26.1. The number of nitrogens with two attached hydrogens (primary N) is 1. The van der Waals surface area contributed by atoms with Gasteiger partial charge in [0.2, 0.25) is 0 Å². The van der Waals surface area contributed by atoms with Crippen LogP contribution < -0.4 is 11.1 Å². The van der Waals surface area contributed by atoms with Gasteiger partial charge in [0.05, 0.1) is 0 Å². The van der Waals surface area contributed by atoms with Crippen LogP contribution in [0.15, 0.2) is 30.6 Å². The van der Waals surface area contributed by atoms with Crippen molar-refractivity contribution in [2.45, 2.75) is 6.42 Å². The molecule has 0 bridgehead atoms. The van der Waals surface area contributed by atoms with Crippen LogP contribution in [0, 0.1) is 11.6 Å². The molecule has 2 aromatic rings. The maximum Gasteiger partial charge on any atom is 0.155 e. The van der Waals surface area contributed by atoms with Crippen molar-refractivity contribution in [2.75, 3.05) is 11.9 Å². The van der Waals surface area contributed by atoms with Gasteiger partial charge in [-0.1, -0.05) is 12.2 Å². The van der Waals surface area contributed by atoms with E-state index in [1.54, 1.807) is 0 Å². The summed E-state index contributed by atoms with van der Waals surface area (Å²) in [5, 5.41) is 3.00. The Morgan fingerprint density at radius 2 is 1.80 bits per heavy atom. The van der Waals surface area contributed by atoms with Crippen LogP contribution in [0.3, 0.4) is 0 Å². The zero-order chi connectivity index (χ0) is 14.5. The summed E-state index contributed by atoms with van der Waals surface area (Å²) in [4.78, 5) is 8.23. The van der Waals surface area contributed by atoms with E-state index in [0.717, 1.165) is 6.07 Å². The molecule has 4 nitrogen and oxygen atoms in total. The van der Waals surface area contributed by atoms with E-state index in [9.17, 15) is 8.78 Å². The smallest absolute Gasteiger partial charge is 0.155 e. The van der Waals surface area contributed by atoms with Gasteiger partial charge in [0.25, 0.3) is 0 Å². The molecule has 0 spiro atoms. The second-order valence-electron chi connectivity index (χ2n) is 4.07. The molecule has 1 aromatic carbocycles. The Balaban J connectivity index is 2.01. The van der Waals surface area contributed by atoms with Gasteiger partial charge in [-0.2, -0.15) is 0 Å². The third-order valence-corrected chi connectivity index (χ3v) is 2.75. The third kappa shape index (κ3) is 3.67. The van der Waals surface area contributed by atoms with Gasteiger partial charge in [0.15, 0.2) is 5.82 Å². The highest BCUT2D eigenvalue weighted by molar-refractivity contribution is 7.80. The fraction of sp³-hybridized carbons (Fsp3) is 0.154. The van der Waals surface area contributed by atoms with E-state index >= 15 is 0 Å². The van der Waals surface area contributed by atoms with Crippen LogP contribution in [-0.4, -0.2) is 21.5 Å². The lowest BCUT2D eigenvalue weighted by atomic mass is 10.1. The Labute approximate surface area is 120 Å². The molecule has 0 fully saturated rings. The summed E-state index contributed by atoms with van der Waals surface area (Å²) in [5.74, 6) is -0.733. The first-order chi connectivity index (χ1) is 9.56. The molecule has 0 saturated carbocycles. The van der Waals surface area contributed by atoms with Gasteiger partial charge in [0.1, 0.15) is 22.3 Å². The Kier molecular flexibility index (Phi) is 4.52. The number of nitrogens with zero attached hydrogens (tertiary/aromatic N) is 2. The maximum absolute atomic E-state index is 13.0. The number of halogens is 2. The number of nitrogens with one attached hydrogen (secondary N) is 1. The van der Waals surface area contributed by atoms with E-state index in [1.165, 1.54) is 24.5 Å². The van der Waals surface area contributed by atoms with Crippen molar-refractivity contribution in [1.29, 1.82) is 0 Å². The molecule has 20 heavy (non-hydrogen) atoms. The molecule has 0 aliphatic rings. The van der Waals surface area contributed by atoms with Crippen molar-refractivity contribution in [3.63, 3.8) is 0 Å². The van der Waals surface area contributed by atoms with Gasteiger partial charge in [-0.3, -0.25) is 0 Å². The topological polar surface area (TPSA) is 63.8 Å². The molecule has 0 radical (unpaired) electrons. The molecule has 0 aliphatic carbocycles. The summed E-state index contributed by atoms with van der Waals surface area (Å²) in [6.07, 6.45) is 3.43. The van der Waals surface area contributed by atoms with E-state index in [-0.39, 0.29) is 4.99 Å². The molecular weight excluding hydrogens is 282 g/mol. The standard InChI is InChI=1S/C13H12F2N4S/c14-9-5-8(6-10(15)7-9)1-2-18-13-11(12(16)20)17-3-4-19-13/h3-7H,1-2H2,(H2,16,20)(H,18,19). The van der Waals surface area contributed by atoms with Crippen LogP contribution in [0.25, 0.3) is 0 Å². The van der Waals surface area contributed by atoms with Crippen LogP contribution in [0.1, 0.15) is 11.3 Å². The van der Waals surface area contributed by atoms with Gasteiger partial charge in [-0.25, -0.2) is 18.7 Å². The molecule has 0 unspecified atom stereocenters. The molecule has 104 valence electrons. The Hall–Kier alpha value is -2.15. The van der Waals surface area contributed by atoms with Gasteiger partial charge >= 0.3 is 0 Å². The number of hydrogen-bond donors (Lipinski definition) is 2. The monoisotopic (exact) mass is 294 g/mol. The summed E-state index contributed by atoms with van der Waals surface area (Å²) in [6, 6.07) is 3.41. The summed E-state index contributed by atoms with van der Waals surface area (Å²) >= 11 is 4.86. The molecule has 1 heterocycles.